The summed E-state index contributed by atoms with van der Waals surface area (Å²) in [6.45, 7) is 19.5. The van der Waals surface area contributed by atoms with E-state index in [1.807, 2.05) is 0 Å². The predicted molar refractivity (Wildman–Crippen MR) is 391 cm³/mol. The molecular weight excluding hydrogens is 1100 g/mol. The Balaban J connectivity index is 0.000000176. The van der Waals surface area contributed by atoms with Crippen LogP contribution in [0, 0.1) is 62.3 Å². The minimum absolute atomic E-state index is 1.11. The van der Waals surface area contributed by atoms with Crippen LogP contribution in [0.3, 0.4) is 0 Å². The first-order valence-electron chi connectivity index (χ1n) is 31.5. The van der Waals surface area contributed by atoms with Crippen molar-refractivity contribution < 1.29 is 0 Å². The first kappa shape index (κ1) is 60.3. The lowest BCUT2D eigenvalue weighted by Crippen LogP contribution is -2.13. The zero-order valence-electron chi connectivity index (χ0n) is 53.7. The third-order valence-electron chi connectivity index (χ3n) is 16.6. The maximum absolute atomic E-state index is 2.37. The van der Waals surface area contributed by atoms with Crippen LogP contribution in [-0.2, 0) is 0 Å². The van der Waals surface area contributed by atoms with Crippen LogP contribution in [0.15, 0.2) is 309 Å². The molecule has 4 nitrogen and oxygen atoms in total. The molecular formula is C87H78N4. The first-order valence-corrected chi connectivity index (χ1v) is 31.5. The van der Waals surface area contributed by atoms with Gasteiger partial charge in [-0.3, -0.25) is 0 Å². The Hall–Kier alpha value is -10.9. The van der Waals surface area contributed by atoms with Crippen LogP contribution in [0.25, 0.3) is 33.4 Å². The molecule has 0 saturated carbocycles. The van der Waals surface area contributed by atoms with Crippen LogP contribution in [0.4, 0.5) is 68.2 Å². The molecule has 0 heterocycles. The van der Waals surface area contributed by atoms with E-state index in [1.165, 1.54) is 83.5 Å². The minimum Gasteiger partial charge on any atom is -0.310 e. The van der Waals surface area contributed by atoms with Gasteiger partial charge < -0.3 is 19.6 Å². The summed E-state index contributed by atoms with van der Waals surface area (Å²) in [5.74, 6) is 0. The van der Waals surface area contributed by atoms with E-state index in [1.54, 1.807) is 0 Å². The first-order chi connectivity index (χ1) is 44.2. The molecule has 0 fully saturated rings. The van der Waals surface area contributed by atoms with Crippen molar-refractivity contribution in [1.82, 2.24) is 0 Å². The fourth-order valence-corrected chi connectivity index (χ4v) is 12.2. The number of nitrogens with zero attached hydrogens (tertiary/aromatic N) is 4. The molecule has 4 heteroatoms. The molecule has 446 valence electrons. The molecule has 0 bridgehead atoms. The lowest BCUT2D eigenvalue weighted by atomic mass is 9.98. The van der Waals surface area contributed by atoms with Gasteiger partial charge in [-0.15, -0.1) is 0 Å². The lowest BCUT2D eigenvalue weighted by Gasteiger charge is -2.30. The molecule has 0 atom stereocenters. The number of hydrogen-bond donors (Lipinski definition) is 0. The summed E-state index contributed by atoms with van der Waals surface area (Å²) in [5.41, 5.74) is 31.9. The Morgan fingerprint density at radius 1 is 0.132 bits per heavy atom. The third kappa shape index (κ3) is 14.3. The summed E-state index contributed by atoms with van der Waals surface area (Å²) in [6.07, 6.45) is 0. The zero-order valence-corrected chi connectivity index (χ0v) is 53.7. The lowest BCUT2D eigenvalue weighted by molar-refractivity contribution is 1.23. The quantitative estimate of drug-likeness (QED) is 0.101. The van der Waals surface area contributed by atoms with Gasteiger partial charge >= 0.3 is 0 Å². The second-order valence-corrected chi connectivity index (χ2v) is 24.3. The molecule has 0 radical (unpaired) electrons. The smallest absolute Gasteiger partial charge is 0.0485 e. The van der Waals surface area contributed by atoms with Crippen molar-refractivity contribution in [2.24, 2.45) is 0 Å². The largest absolute Gasteiger partial charge is 0.310 e. The fourth-order valence-electron chi connectivity index (χ4n) is 12.2. The highest BCUT2D eigenvalue weighted by molar-refractivity contribution is 5.87. The van der Waals surface area contributed by atoms with E-state index in [2.05, 4.69) is 391 Å². The number of aryl methyl sites for hydroxylation is 9. The Labute approximate surface area is 539 Å². The van der Waals surface area contributed by atoms with E-state index in [0.717, 1.165) is 68.2 Å². The summed E-state index contributed by atoms with van der Waals surface area (Å²) in [4.78, 5) is 9.46. The van der Waals surface area contributed by atoms with Crippen LogP contribution < -0.4 is 19.6 Å². The van der Waals surface area contributed by atoms with Crippen LogP contribution in [0.2, 0.25) is 0 Å². The van der Waals surface area contributed by atoms with Crippen LogP contribution in [0.5, 0.6) is 0 Å². The number of benzene rings is 13. The molecule has 0 aromatic heterocycles. The number of rotatable bonds is 15. The summed E-state index contributed by atoms with van der Waals surface area (Å²) >= 11 is 0. The third-order valence-corrected chi connectivity index (χ3v) is 16.6. The molecule has 0 N–H and O–H groups in total. The molecule has 0 amide bonds. The summed E-state index contributed by atoms with van der Waals surface area (Å²) < 4.78 is 0. The van der Waals surface area contributed by atoms with Gasteiger partial charge in [0.05, 0.1) is 0 Å². The van der Waals surface area contributed by atoms with Crippen LogP contribution in [0.1, 0.15) is 50.1 Å². The fraction of sp³-hybridized carbons (Fsp3) is 0.103. The van der Waals surface area contributed by atoms with Gasteiger partial charge in [0.1, 0.15) is 0 Å². The predicted octanol–water partition coefficient (Wildman–Crippen LogP) is 25.0. The molecule has 13 aromatic rings. The van der Waals surface area contributed by atoms with Gasteiger partial charge in [-0.2, -0.15) is 0 Å². The van der Waals surface area contributed by atoms with E-state index in [-0.39, 0.29) is 0 Å². The second kappa shape index (κ2) is 27.2. The van der Waals surface area contributed by atoms with Crippen molar-refractivity contribution in [3.05, 3.63) is 359 Å². The zero-order chi connectivity index (χ0) is 63.0. The monoisotopic (exact) mass is 1180 g/mol. The van der Waals surface area contributed by atoms with Crippen molar-refractivity contribution in [2.45, 2.75) is 62.3 Å². The van der Waals surface area contributed by atoms with Crippen molar-refractivity contribution in [1.29, 1.82) is 0 Å². The summed E-state index contributed by atoms with van der Waals surface area (Å²) in [7, 11) is 0. The Bertz CT molecular complexity index is 4220. The molecule has 0 spiro atoms. The minimum atomic E-state index is 1.11. The van der Waals surface area contributed by atoms with E-state index < -0.39 is 0 Å². The highest BCUT2D eigenvalue weighted by Crippen LogP contribution is 2.45. The van der Waals surface area contributed by atoms with E-state index in [4.69, 9.17) is 0 Å². The Morgan fingerprint density at radius 3 is 0.670 bits per heavy atom. The van der Waals surface area contributed by atoms with Crippen LogP contribution >= 0.6 is 0 Å². The maximum atomic E-state index is 2.37. The van der Waals surface area contributed by atoms with Crippen LogP contribution in [-0.4, -0.2) is 0 Å². The maximum Gasteiger partial charge on any atom is 0.0485 e. The van der Waals surface area contributed by atoms with Crippen molar-refractivity contribution in [2.75, 3.05) is 19.6 Å². The van der Waals surface area contributed by atoms with E-state index in [9.17, 15) is 0 Å². The average molecular weight is 1180 g/mol. The summed E-state index contributed by atoms with van der Waals surface area (Å²) in [5, 5.41) is 0. The molecule has 91 heavy (non-hydrogen) atoms. The molecule has 13 rings (SSSR count). The molecule has 0 unspecified atom stereocenters. The van der Waals surface area contributed by atoms with Crippen molar-refractivity contribution in [3.63, 3.8) is 0 Å². The summed E-state index contributed by atoms with van der Waals surface area (Å²) in [6, 6.07) is 112. The average Bonchev–Trinajstić information content (AvgIpc) is 1.10. The number of hydrogen-bond acceptors (Lipinski definition) is 4. The normalized spacial score (nSPS) is 10.9. The standard InChI is InChI=1S/C45H38N2.C42H40N2/c1-33-14-22-40(23-15-33)46(42-26-18-38(19-27-42)36-10-6-4-7-11-36)44-30-35(3)31-45(32-44)47(41-24-16-34(2)17-25-41)43-28-20-39(21-29-43)37-12-8-5-9-13-37;1-29-11-7-15-37(21-29)43(38-16-8-12-30(2)22-38)41-25-33(5)19-35(27-41)36-20-34(6)26-42(28-36)44(39-17-9-13-31(3)23-39)40-18-10-14-32(4)24-40/h4-32H,1-3H3;7-28H,1-6H3. The Morgan fingerprint density at radius 2 is 0.374 bits per heavy atom. The number of anilines is 12. The van der Waals surface area contributed by atoms with Gasteiger partial charge in [0.15, 0.2) is 0 Å². The highest BCUT2D eigenvalue weighted by atomic mass is 15.2. The molecule has 13 aromatic carbocycles. The molecule has 0 aliphatic heterocycles. The van der Waals surface area contributed by atoms with Gasteiger partial charge in [-0.1, -0.05) is 181 Å². The van der Waals surface area contributed by atoms with Gasteiger partial charge in [0.25, 0.3) is 0 Å². The van der Waals surface area contributed by atoms with Gasteiger partial charge in [0.2, 0.25) is 0 Å². The van der Waals surface area contributed by atoms with Gasteiger partial charge in [0, 0.05) is 68.2 Å². The van der Waals surface area contributed by atoms with Gasteiger partial charge in [-0.25, -0.2) is 0 Å². The van der Waals surface area contributed by atoms with E-state index >= 15 is 0 Å². The second-order valence-electron chi connectivity index (χ2n) is 24.3. The van der Waals surface area contributed by atoms with Gasteiger partial charge in [-0.05, 0) is 274 Å². The Kier molecular flexibility index (Phi) is 18.0. The van der Waals surface area contributed by atoms with Crippen molar-refractivity contribution >= 4 is 68.2 Å². The SMILES string of the molecule is Cc1ccc(N(c2ccc(-c3ccccc3)cc2)c2cc(C)cc(N(c3ccc(C)cc3)c3ccc(-c4ccccc4)cc3)c2)cc1.Cc1cccc(N(c2cccc(C)c2)c2cc(C)cc(-c3cc(C)cc(N(c4cccc(C)c4)c4cccc(C)c4)c3)c2)c1. The molecule has 0 aliphatic rings. The molecule has 0 saturated heterocycles. The highest BCUT2D eigenvalue weighted by Gasteiger charge is 2.21. The topological polar surface area (TPSA) is 13.0 Å². The van der Waals surface area contributed by atoms with Crippen molar-refractivity contribution in [3.8, 4) is 33.4 Å². The van der Waals surface area contributed by atoms with E-state index in [0.29, 0.717) is 0 Å². The molecule has 0 aliphatic carbocycles.